The van der Waals surface area contributed by atoms with Crippen molar-refractivity contribution in [1.29, 1.82) is 0 Å². The molecule has 1 fully saturated rings. The first-order valence-electron chi connectivity index (χ1n) is 8.93. The lowest BCUT2D eigenvalue weighted by molar-refractivity contribution is 0.252. The maximum Gasteiger partial charge on any atom is 0.232 e. The average Bonchev–Trinajstić information content (AvgIpc) is 2.67. The fraction of sp³-hybridized carbons (Fsp3) is 0.500. The zero-order valence-corrected chi connectivity index (χ0v) is 15.6. The normalized spacial score (nSPS) is 21.0. The van der Waals surface area contributed by atoms with Gasteiger partial charge in [0.2, 0.25) is 17.2 Å². The number of halogens is 1. The number of hydrogen-bond acceptors (Lipinski definition) is 7. The molecule has 0 unspecified atom stereocenters. The van der Waals surface area contributed by atoms with Gasteiger partial charge in [-0.15, -0.1) is 0 Å². The van der Waals surface area contributed by atoms with Gasteiger partial charge in [0.15, 0.2) is 0 Å². The van der Waals surface area contributed by atoms with Crippen molar-refractivity contribution in [2.24, 2.45) is 0 Å². The van der Waals surface area contributed by atoms with E-state index in [1.807, 2.05) is 17.0 Å². The SMILES string of the molecule is CN1CCN(c2nc(Cl)nc(N3Cc4ccccc4C[C@@H]3CO)n2)CC1. The number of aromatic nitrogens is 3. The number of benzene rings is 1. The minimum Gasteiger partial charge on any atom is -0.394 e. The van der Waals surface area contributed by atoms with Gasteiger partial charge in [-0.25, -0.2) is 0 Å². The number of aliphatic hydroxyl groups excluding tert-OH is 1. The molecule has 2 aliphatic heterocycles. The number of fused-ring (bicyclic) bond motifs is 1. The van der Waals surface area contributed by atoms with Crippen molar-refractivity contribution in [1.82, 2.24) is 19.9 Å². The third kappa shape index (κ3) is 3.47. The molecule has 0 radical (unpaired) electrons. The zero-order chi connectivity index (χ0) is 18.1. The van der Waals surface area contributed by atoms with Crippen molar-refractivity contribution < 1.29 is 5.11 Å². The van der Waals surface area contributed by atoms with Crippen LogP contribution in [0.3, 0.4) is 0 Å². The molecule has 3 heterocycles. The summed E-state index contributed by atoms with van der Waals surface area (Å²) in [5, 5.41) is 10.1. The average molecular weight is 375 g/mol. The highest BCUT2D eigenvalue weighted by Gasteiger charge is 2.29. The second-order valence-electron chi connectivity index (χ2n) is 6.93. The summed E-state index contributed by atoms with van der Waals surface area (Å²) in [5.74, 6) is 1.15. The molecule has 138 valence electrons. The van der Waals surface area contributed by atoms with Gasteiger partial charge < -0.3 is 19.8 Å². The third-order valence-electron chi connectivity index (χ3n) is 5.19. The van der Waals surface area contributed by atoms with Gasteiger partial charge in [-0.1, -0.05) is 24.3 Å². The first kappa shape index (κ1) is 17.5. The van der Waals surface area contributed by atoms with E-state index in [0.29, 0.717) is 18.4 Å². The van der Waals surface area contributed by atoms with Crippen molar-refractivity contribution in [2.45, 2.75) is 19.0 Å². The second-order valence-corrected chi connectivity index (χ2v) is 7.27. The number of aliphatic hydroxyl groups is 1. The summed E-state index contributed by atoms with van der Waals surface area (Å²) in [6.07, 6.45) is 0.764. The standard InChI is InChI=1S/C18H23ClN6O/c1-23-6-8-24(9-7-23)17-20-16(19)21-18(22-17)25-11-14-5-3-2-4-13(14)10-15(25)12-26/h2-5,15,26H,6-12H2,1H3/t15-/m1/s1. The Morgan fingerprint density at radius 3 is 2.46 bits per heavy atom. The van der Waals surface area contributed by atoms with Crippen LogP contribution < -0.4 is 9.80 Å². The van der Waals surface area contributed by atoms with Gasteiger partial charge in [0, 0.05) is 32.7 Å². The van der Waals surface area contributed by atoms with Crippen LogP contribution in [0.15, 0.2) is 24.3 Å². The number of nitrogens with zero attached hydrogens (tertiary/aromatic N) is 6. The van der Waals surface area contributed by atoms with E-state index in [9.17, 15) is 5.11 Å². The van der Waals surface area contributed by atoms with Gasteiger partial charge in [-0.2, -0.15) is 15.0 Å². The van der Waals surface area contributed by atoms with Crippen molar-refractivity contribution in [2.75, 3.05) is 49.6 Å². The van der Waals surface area contributed by atoms with E-state index < -0.39 is 0 Å². The molecule has 1 atom stereocenters. The molecule has 1 N–H and O–H groups in total. The summed E-state index contributed by atoms with van der Waals surface area (Å²) >= 11 is 6.22. The maximum absolute atomic E-state index is 9.90. The summed E-state index contributed by atoms with van der Waals surface area (Å²) in [6, 6.07) is 8.23. The molecule has 1 saturated heterocycles. The lowest BCUT2D eigenvalue weighted by Crippen LogP contribution is -2.46. The molecular formula is C18H23ClN6O. The van der Waals surface area contributed by atoms with E-state index in [1.54, 1.807) is 0 Å². The predicted molar refractivity (Wildman–Crippen MR) is 102 cm³/mol. The van der Waals surface area contributed by atoms with E-state index >= 15 is 0 Å². The molecule has 0 saturated carbocycles. The molecule has 2 aromatic rings. The monoisotopic (exact) mass is 374 g/mol. The van der Waals surface area contributed by atoms with E-state index in [-0.39, 0.29) is 17.9 Å². The largest absolute Gasteiger partial charge is 0.394 e. The van der Waals surface area contributed by atoms with Crippen molar-refractivity contribution in [3.05, 3.63) is 40.7 Å². The van der Waals surface area contributed by atoms with Gasteiger partial charge >= 0.3 is 0 Å². The van der Waals surface area contributed by atoms with Crippen LogP contribution in [0.2, 0.25) is 5.28 Å². The smallest absolute Gasteiger partial charge is 0.232 e. The molecule has 4 rings (SSSR count). The van der Waals surface area contributed by atoms with Gasteiger partial charge in [0.1, 0.15) is 0 Å². The van der Waals surface area contributed by atoms with Crippen molar-refractivity contribution in [3.8, 4) is 0 Å². The fourth-order valence-electron chi connectivity index (χ4n) is 3.59. The summed E-state index contributed by atoms with van der Waals surface area (Å²) < 4.78 is 0. The van der Waals surface area contributed by atoms with Crippen molar-refractivity contribution >= 4 is 23.5 Å². The van der Waals surface area contributed by atoms with Crippen LogP contribution in [0.5, 0.6) is 0 Å². The minimum atomic E-state index is -0.0660. The topological polar surface area (TPSA) is 68.6 Å². The molecule has 8 heteroatoms. The molecule has 1 aromatic carbocycles. The highest BCUT2D eigenvalue weighted by molar-refractivity contribution is 6.28. The van der Waals surface area contributed by atoms with Gasteiger partial charge in [-0.05, 0) is 36.2 Å². The zero-order valence-electron chi connectivity index (χ0n) is 14.8. The van der Waals surface area contributed by atoms with Crippen LogP contribution in [0.25, 0.3) is 0 Å². The van der Waals surface area contributed by atoms with Crippen LogP contribution in [-0.2, 0) is 13.0 Å². The first-order valence-corrected chi connectivity index (χ1v) is 9.31. The number of hydrogen-bond donors (Lipinski definition) is 1. The molecule has 0 bridgehead atoms. The number of rotatable bonds is 3. The first-order chi connectivity index (χ1) is 12.6. The Kier molecular flexibility index (Phi) is 4.93. The lowest BCUT2D eigenvalue weighted by atomic mass is 9.94. The van der Waals surface area contributed by atoms with E-state index in [4.69, 9.17) is 16.6 Å². The highest BCUT2D eigenvalue weighted by atomic mass is 35.5. The molecular weight excluding hydrogens is 352 g/mol. The summed E-state index contributed by atoms with van der Waals surface area (Å²) in [7, 11) is 2.11. The van der Waals surface area contributed by atoms with Crippen molar-refractivity contribution in [3.63, 3.8) is 0 Å². The Hall–Kier alpha value is -1.96. The quantitative estimate of drug-likeness (QED) is 0.865. The maximum atomic E-state index is 9.90. The van der Waals surface area contributed by atoms with Crippen LogP contribution in [-0.4, -0.2) is 70.8 Å². The molecule has 0 aliphatic carbocycles. The Morgan fingerprint density at radius 2 is 1.73 bits per heavy atom. The van der Waals surface area contributed by atoms with Gasteiger partial charge in [0.05, 0.1) is 12.6 Å². The second kappa shape index (κ2) is 7.34. The van der Waals surface area contributed by atoms with E-state index in [2.05, 4.69) is 38.9 Å². The van der Waals surface area contributed by atoms with E-state index in [1.165, 1.54) is 11.1 Å². The Balaban J connectivity index is 1.64. The highest BCUT2D eigenvalue weighted by Crippen LogP contribution is 2.28. The number of piperazine rings is 1. The third-order valence-corrected chi connectivity index (χ3v) is 5.36. The Labute approximate surface area is 158 Å². The lowest BCUT2D eigenvalue weighted by Gasteiger charge is -2.37. The van der Waals surface area contributed by atoms with Crippen LogP contribution in [0, 0.1) is 0 Å². The summed E-state index contributed by atoms with van der Waals surface area (Å²) in [6.45, 7) is 4.36. The molecule has 0 spiro atoms. The van der Waals surface area contributed by atoms with E-state index in [0.717, 1.165) is 32.6 Å². The Morgan fingerprint density at radius 1 is 1.04 bits per heavy atom. The predicted octanol–water partition coefficient (Wildman–Crippen LogP) is 1.20. The molecule has 26 heavy (non-hydrogen) atoms. The van der Waals surface area contributed by atoms with Crippen LogP contribution in [0.1, 0.15) is 11.1 Å². The summed E-state index contributed by atoms with van der Waals surface area (Å²) in [4.78, 5) is 19.8. The molecule has 1 aromatic heterocycles. The number of likely N-dealkylation sites (N-methyl/N-ethyl adjacent to an activating group) is 1. The minimum absolute atomic E-state index is 0.0431. The molecule has 2 aliphatic rings. The summed E-state index contributed by atoms with van der Waals surface area (Å²) in [5.41, 5.74) is 2.50. The number of anilines is 2. The molecule has 0 amide bonds. The van der Waals surface area contributed by atoms with Gasteiger partial charge in [0.25, 0.3) is 0 Å². The van der Waals surface area contributed by atoms with Gasteiger partial charge in [-0.3, -0.25) is 0 Å². The molecule has 7 nitrogen and oxygen atoms in total. The Bertz CT molecular complexity index is 780. The van der Waals surface area contributed by atoms with Crippen LogP contribution >= 0.6 is 11.6 Å². The van der Waals surface area contributed by atoms with Crippen LogP contribution in [0.4, 0.5) is 11.9 Å². The fourth-order valence-corrected chi connectivity index (χ4v) is 3.74.